The second-order valence-corrected chi connectivity index (χ2v) is 4.34. The van der Waals surface area contributed by atoms with Crippen LogP contribution in [0.2, 0.25) is 5.02 Å². The molecule has 0 amide bonds. The maximum Gasteiger partial charge on any atom is 0.433 e. The molecule has 1 aromatic carbocycles. The normalized spacial score (nSPS) is 11.3. The van der Waals surface area contributed by atoms with Gasteiger partial charge in [-0.25, -0.2) is 10.8 Å². The topological polar surface area (TPSA) is 73.1 Å². The first-order valence-electron chi connectivity index (χ1n) is 5.69. The van der Waals surface area contributed by atoms with Gasteiger partial charge in [0.2, 0.25) is 11.8 Å². The van der Waals surface area contributed by atoms with E-state index in [4.69, 9.17) is 22.2 Å². The van der Waals surface area contributed by atoms with E-state index in [-0.39, 0.29) is 18.4 Å². The van der Waals surface area contributed by atoms with Crippen molar-refractivity contribution >= 4 is 17.5 Å². The third-order valence-electron chi connectivity index (χ3n) is 2.46. The zero-order valence-corrected chi connectivity index (χ0v) is 11.2. The van der Waals surface area contributed by atoms with Gasteiger partial charge in [0.05, 0.1) is 0 Å². The molecule has 1 aromatic heterocycles. The zero-order valence-electron chi connectivity index (χ0n) is 10.5. The van der Waals surface area contributed by atoms with Crippen LogP contribution in [0.15, 0.2) is 30.3 Å². The second kappa shape index (κ2) is 6.15. The number of nitrogen functional groups attached to an aromatic ring is 1. The van der Waals surface area contributed by atoms with Crippen molar-refractivity contribution in [1.29, 1.82) is 0 Å². The number of hydrazine groups is 1. The average molecular weight is 319 g/mol. The molecule has 0 atom stereocenters. The summed E-state index contributed by atoms with van der Waals surface area (Å²) in [6, 6.07) is 7.50. The zero-order chi connectivity index (χ0) is 15.5. The summed E-state index contributed by atoms with van der Waals surface area (Å²) < 4.78 is 43.2. The fourth-order valence-corrected chi connectivity index (χ4v) is 1.67. The maximum absolute atomic E-state index is 12.7. The molecule has 0 aliphatic heterocycles. The number of nitrogens with two attached hydrogens (primary N) is 1. The number of aromatic nitrogens is 2. The molecule has 0 radical (unpaired) electrons. The highest BCUT2D eigenvalue weighted by atomic mass is 35.5. The summed E-state index contributed by atoms with van der Waals surface area (Å²) in [4.78, 5) is 6.92. The molecule has 0 unspecified atom stereocenters. The van der Waals surface area contributed by atoms with E-state index in [0.29, 0.717) is 16.7 Å². The van der Waals surface area contributed by atoms with Gasteiger partial charge < -0.3 is 4.74 Å². The second-order valence-electron chi connectivity index (χ2n) is 3.94. The lowest BCUT2D eigenvalue weighted by Crippen LogP contribution is -2.16. The standard InChI is InChI=1S/C12H10ClF3N4O/c13-8-4-2-1-3-7(8)6-21-10-5-9(12(14,15)16)18-11(19-10)20-17/h1-5H,6,17H2,(H,18,19,20). The van der Waals surface area contributed by atoms with Crippen molar-refractivity contribution in [2.24, 2.45) is 5.84 Å². The first-order chi connectivity index (χ1) is 9.90. The molecule has 0 fully saturated rings. The Kier molecular flexibility index (Phi) is 4.49. The SMILES string of the molecule is NNc1nc(OCc2ccccc2Cl)cc(C(F)(F)F)n1. The van der Waals surface area contributed by atoms with E-state index in [0.717, 1.165) is 0 Å². The van der Waals surface area contributed by atoms with Crippen molar-refractivity contribution in [3.05, 3.63) is 46.6 Å². The molecule has 2 aromatic rings. The van der Waals surface area contributed by atoms with Crippen molar-refractivity contribution < 1.29 is 17.9 Å². The van der Waals surface area contributed by atoms with Gasteiger partial charge in [-0.05, 0) is 6.07 Å². The molecule has 5 nitrogen and oxygen atoms in total. The van der Waals surface area contributed by atoms with E-state index in [9.17, 15) is 13.2 Å². The smallest absolute Gasteiger partial charge is 0.433 e. The van der Waals surface area contributed by atoms with Gasteiger partial charge in [-0.2, -0.15) is 18.2 Å². The minimum atomic E-state index is -4.63. The van der Waals surface area contributed by atoms with E-state index >= 15 is 0 Å². The summed E-state index contributed by atoms with van der Waals surface area (Å²) >= 11 is 5.93. The molecule has 0 saturated heterocycles. The fourth-order valence-electron chi connectivity index (χ4n) is 1.48. The number of nitrogens with zero attached hydrogens (tertiary/aromatic N) is 2. The molecule has 1 heterocycles. The van der Waals surface area contributed by atoms with Gasteiger partial charge in [0.25, 0.3) is 0 Å². The van der Waals surface area contributed by atoms with Crippen LogP contribution in [-0.4, -0.2) is 9.97 Å². The van der Waals surface area contributed by atoms with Crippen LogP contribution < -0.4 is 16.0 Å². The van der Waals surface area contributed by atoms with Gasteiger partial charge >= 0.3 is 6.18 Å². The first-order valence-corrected chi connectivity index (χ1v) is 6.07. The Hall–Kier alpha value is -2.06. The van der Waals surface area contributed by atoms with Crippen molar-refractivity contribution in [3.63, 3.8) is 0 Å². The molecule has 2 rings (SSSR count). The Morgan fingerprint density at radius 1 is 1.24 bits per heavy atom. The van der Waals surface area contributed by atoms with Crippen molar-refractivity contribution in [1.82, 2.24) is 9.97 Å². The summed E-state index contributed by atoms with van der Waals surface area (Å²) in [7, 11) is 0. The number of ether oxygens (including phenoxy) is 1. The molecule has 0 bridgehead atoms. The molecule has 0 spiro atoms. The molecule has 0 saturated carbocycles. The molecule has 0 aliphatic carbocycles. The highest BCUT2D eigenvalue weighted by Crippen LogP contribution is 2.30. The van der Waals surface area contributed by atoms with Gasteiger partial charge in [-0.1, -0.05) is 29.8 Å². The lowest BCUT2D eigenvalue weighted by molar-refractivity contribution is -0.141. The highest BCUT2D eigenvalue weighted by molar-refractivity contribution is 6.31. The van der Waals surface area contributed by atoms with Crippen LogP contribution in [0.1, 0.15) is 11.3 Å². The van der Waals surface area contributed by atoms with Crippen molar-refractivity contribution in [3.8, 4) is 5.88 Å². The van der Waals surface area contributed by atoms with Crippen LogP contribution in [0.3, 0.4) is 0 Å². The predicted molar refractivity (Wildman–Crippen MR) is 70.6 cm³/mol. The van der Waals surface area contributed by atoms with E-state index < -0.39 is 11.9 Å². The minimum Gasteiger partial charge on any atom is -0.473 e. The Morgan fingerprint density at radius 2 is 1.95 bits per heavy atom. The number of hydrogen-bond acceptors (Lipinski definition) is 5. The molecule has 0 aliphatic rings. The summed E-state index contributed by atoms with van der Waals surface area (Å²) in [5, 5.41) is 0.444. The largest absolute Gasteiger partial charge is 0.473 e. The Bertz CT molecular complexity index is 636. The third kappa shape index (κ3) is 3.96. The van der Waals surface area contributed by atoms with E-state index in [1.54, 1.807) is 24.3 Å². The third-order valence-corrected chi connectivity index (χ3v) is 2.82. The van der Waals surface area contributed by atoms with Crippen molar-refractivity contribution in [2.45, 2.75) is 12.8 Å². The fraction of sp³-hybridized carbons (Fsp3) is 0.167. The summed E-state index contributed by atoms with van der Waals surface area (Å²) in [6.45, 7) is -0.0298. The predicted octanol–water partition coefficient (Wildman–Crippen LogP) is 3.01. The van der Waals surface area contributed by atoms with Gasteiger partial charge in [-0.3, -0.25) is 5.43 Å². The number of benzene rings is 1. The van der Waals surface area contributed by atoms with Crippen LogP contribution in [-0.2, 0) is 12.8 Å². The number of nitrogens with one attached hydrogen (secondary N) is 1. The van der Waals surface area contributed by atoms with Crippen LogP contribution in [0.5, 0.6) is 5.88 Å². The van der Waals surface area contributed by atoms with E-state index in [1.807, 2.05) is 5.43 Å². The van der Waals surface area contributed by atoms with Crippen LogP contribution in [0.25, 0.3) is 0 Å². The lowest BCUT2D eigenvalue weighted by atomic mass is 10.2. The number of rotatable bonds is 4. The first kappa shape index (κ1) is 15.3. The van der Waals surface area contributed by atoms with Crippen molar-refractivity contribution in [2.75, 3.05) is 5.43 Å². The molecular formula is C12H10ClF3N4O. The van der Waals surface area contributed by atoms with Crippen LogP contribution >= 0.6 is 11.6 Å². The quantitative estimate of drug-likeness (QED) is 0.669. The number of alkyl halides is 3. The minimum absolute atomic E-state index is 0.0298. The molecular weight excluding hydrogens is 309 g/mol. The number of anilines is 1. The number of halogens is 4. The van der Waals surface area contributed by atoms with Crippen LogP contribution in [0.4, 0.5) is 19.1 Å². The summed E-state index contributed by atoms with van der Waals surface area (Å²) in [5.74, 6) is 4.39. The summed E-state index contributed by atoms with van der Waals surface area (Å²) in [5.41, 5.74) is 1.43. The summed E-state index contributed by atoms with van der Waals surface area (Å²) in [6.07, 6.45) is -4.63. The average Bonchev–Trinajstić information content (AvgIpc) is 2.45. The molecule has 112 valence electrons. The molecule has 21 heavy (non-hydrogen) atoms. The van der Waals surface area contributed by atoms with E-state index in [1.165, 1.54) is 0 Å². The highest BCUT2D eigenvalue weighted by Gasteiger charge is 2.34. The lowest BCUT2D eigenvalue weighted by Gasteiger charge is -2.11. The van der Waals surface area contributed by atoms with Crippen LogP contribution in [0, 0.1) is 0 Å². The Labute approximate surface area is 122 Å². The molecule has 3 N–H and O–H groups in total. The van der Waals surface area contributed by atoms with Gasteiger partial charge in [0.15, 0.2) is 5.69 Å². The molecule has 9 heteroatoms. The van der Waals surface area contributed by atoms with Gasteiger partial charge in [0.1, 0.15) is 6.61 Å². The van der Waals surface area contributed by atoms with Gasteiger partial charge in [-0.15, -0.1) is 0 Å². The Balaban J connectivity index is 2.22. The van der Waals surface area contributed by atoms with E-state index in [2.05, 4.69) is 9.97 Å². The Morgan fingerprint density at radius 3 is 2.57 bits per heavy atom. The van der Waals surface area contributed by atoms with Gasteiger partial charge in [0, 0.05) is 16.7 Å². The maximum atomic E-state index is 12.7. The number of hydrogen-bond donors (Lipinski definition) is 2. The monoisotopic (exact) mass is 318 g/mol.